The Bertz CT molecular complexity index is 330. The lowest BCUT2D eigenvalue weighted by Gasteiger charge is -2.18. The Morgan fingerprint density at radius 3 is 2.81 bits per heavy atom. The highest BCUT2D eigenvalue weighted by Crippen LogP contribution is 2.12. The summed E-state index contributed by atoms with van der Waals surface area (Å²) in [6, 6.07) is 1.97. The van der Waals surface area contributed by atoms with Crippen LogP contribution < -0.4 is 10.2 Å². The van der Waals surface area contributed by atoms with Crippen LogP contribution in [0.4, 0.5) is 11.8 Å². The van der Waals surface area contributed by atoms with Crippen LogP contribution in [-0.2, 0) is 4.74 Å². The fourth-order valence-corrected chi connectivity index (χ4v) is 1.32. The molecular weight excluding hydrogens is 204 g/mol. The number of aryl methyl sites for hydroxylation is 1. The third-order valence-corrected chi connectivity index (χ3v) is 2.23. The summed E-state index contributed by atoms with van der Waals surface area (Å²) in [5.41, 5.74) is 0.956. The number of rotatable bonds is 6. The fraction of sp³-hybridized carbons (Fsp3) is 0.636. The van der Waals surface area contributed by atoms with Gasteiger partial charge < -0.3 is 15.0 Å². The number of likely N-dealkylation sites (N-methyl/N-ethyl adjacent to an activating group) is 1. The van der Waals surface area contributed by atoms with Crippen LogP contribution in [0.25, 0.3) is 0 Å². The highest BCUT2D eigenvalue weighted by molar-refractivity contribution is 5.43. The normalized spacial score (nSPS) is 10.2. The molecule has 0 unspecified atom stereocenters. The first-order chi connectivity index (χ1) is 7.67. The molecule has 0 radical (unpaired) electrons. The second-order valence-corrected chi connectivity index (χ2v) is 3.56. The van der Waals surface area contributed by atoms with E-state index in [1.807, 2.05) is 34.0 Å². The Hall–Kier alpha value is -1.36. The molecule has 5 nitrogen and oxygen atoms in total. The standard InChI is InChI=1S/C11H20N4O/c1-5-16-7-6-15(4)10-8-9(2)13-11(12-3)14-10/h8H,5-7H2,1-4H3,(H,12,13,14). The van der Waals surface area contributed by atoms with Crippen molar-refractivity contribution in [1.82, 2.24) is 9.97 Å². The molecule has 16 heavy (non-hydrogen) atoms. The van der Waals surface area contributed by atoms with Gasteiger partial charge in [0.2, 0.25) is 5.95 Å². The zero-order valence-corrected chi connectivity index (χ0v) is 10.4. The van der Waals surface area contributed by atoms with Crippen molar-refractivity contribution < 1.29 is 4.74 Å². The average molecular weight is 224 g/mol. The highest BCUT2D eigenvalue weighted by Gasteiger charge is 2.05. The summed E-state index contributed by atoms with van der Waals surface area (Å²) < 4.78 is 5.31. The molecule has 1 aromatic heterocycles. The minimum absolute atomic E-state index is 0.651. The van der Waals surface area contributed by atoms with E-state index < -0.39 is 0 Å². The maximum atomic E-state index is 5.31. The molecule has 1 aromatic rings. The summed E-state index contributed by atoms with van der Waals surface area (Å²) in [5.74, 6) is 1.56. The van der Waals surface area contributed by atoms with Gasteiger partial charge in [0.15, 0.2) is 0 Å². The maximum absolute atomic E-state index is 5.31. The number of nitrogens with zero attached hydrogens (tertiary/aromatic N) is 3. The average Bonchev–Trinajstić information content (AvgIpc) is 2.28. The van der Waals surface area contributed by atoms with Crippen LogP contribution >= 0.6 is 0 Å². The number of hydrogen-bond donors (Lipinski definition) is 1. The van der Waals surface area contributed by atoms with Gasteiger partial charge in [0.1, 0.15) is 5.82 Å². The van der Waals surface area contributed by atoms with Crippen molar-refractivity contribution in [3.63, 3.8) is 0 Å². The van der Waals surface area contributed by atoms with E-state index in [0.29, 0.717) is 12.6 Å². The van der Waals surface area contributed by atoms with Crippen LogP contribution in [0.1, 0.15) is 12.6 Å². The number of hydrogen-bond acceptors (Lipinski definition) is 5. The van der Waals surface area contributed by atoms with Crippen molar-refractivity contribution in [2.75, 3.05) is 44.1 Å². The summed E-state index contributed by atoms with van der Waals surface area (Å²) >= 11 is 0. The van der Waals surface area contributed by atoms with Crippen LogP contribution in [0.15, 0.2) is 6.07 Å². The summed E-state index contributed by atoms with van der Waals surface area (Å²) in [7, 11) is 3.82. The van der Waals surface area contributed by atoms with E-state index >= 15 is 0 Å². The number of aromatic nitrogens is 2. The van der Waals surface area contributed by atoms with Gasteiger partial charge in [-0.05, 0) is 13.8 Å². The molecule has 1 N–H and O–H groups in total. The second kappa shape index (κ2) is 6.27. The van der Waals surface area contributed by atoms with Gasteiger partial charge in [-0.2, -0.15) is 4.98 Å². The minimum Gasteiger partial charge on any atom is -0.380 e. The second-order valence-electron chi connectivity index (χ2n) is 3.56. The third kappa shape index (κ3) is 3.66. The van der Waals surface area contributed by atoms with Crippen molar-refractivity contribution in [3.8, 4) is 0 Å². The molecule has 0 aromatic carbocycles. The van der Waals surface area contributed by atoms with Gasteiger partial charge in [0, 0.05) is 39.0 Å². The number of anilines is 2. The molecule has 0 fully saturated rings. The summed E-state index contributed by atoms with van der Waals surface area (Å²) in [4.78, 5) is 10.7. The zero-order valence-electron chi connectivity index (χ0n) is 10.4. The molecule has 0 aliphatic carbocycles. The van der Waals surface area contributed by atoms with E-state index in [-0.39, 0.29) is 0 Å². The van der Waals surface area contributed by atoms with E-state index in [1.54, 1.807) is 0 Å². The van der Waals surface area contributed by atoms with Gasteiger partial charge in [0.05, 0.1) is 6.61 Å². The van der Waals surface area contributed by atoms with Crippen LogP contribution in [0.5, 0.6) is 0 Å². The predicted octanol–water partition coefficient (Wildman–Crippen LogP) is 1.30. The molecule has 0 amide bonds. The lowest BCUT2D eigenvalue weighted by atomic mass is 10.4. The summed E-state index contributed by atoms with van der Waals surface area (Å²) in [6.07, 6.45) is 0. The molecule has 1 rings (SSSR count). The van der Waals surface area contributed by atoms with Gasteiger partial charge in [-0.15, -0.1) is 0 Å². The first-order valence-corrected chi connectivity index (χ1v) is 5.49. The smallest absolute Gasteiger partial charge is 0.224 e. The molecule has 0 aliphatic heterocycles. The van der Waals surface area contributed by atoms with Crippen LogP contribution in [0, 0.1) is 6.92 Å². The van der Waals surface area contributed by atoms with Crippen molar-refractivity contribution in [1.29, 1.82) is 0 Å². The number of nitrogens with one attached hydrogen (secondary N) is 1. The quantitative estimate of drug-likeness (QED) is 0.738. The Morgan fingerprint density at radius 2 is 2.19 bits per heavy atom. The Balaban J connectivity index is 2.66. The Labute approximate surface area is 96.8 Å². The predicted molar refractivity (Wildman–Crippen MR) is 66.1 cm³/mol. The highest BCUT2D eigenvalue weighted by atomic mass is 16.5. The van der Waals surface area contributed by atoms with Crippen molar-refractivity contribution in [3.05, 3.63) is 11.8 Å². The van der Waals surface area contributed by atoms with Crippen LogP contribution in [0.2, 0.25) is 0 Å². The first-order valence-electron chi connectivity index (χ1n) is 5.49. The van der Waals surface area contributed by atoms with Crippen molar-refractivity contribution >= 4 is 11.8 Å². The molecule has 5 heteroatoms. The summed E-state index contributed by atoms with van der Waals surface area (Å²) in [5, 5.41) is 2.95. The Kier molecular flexibility index (Phi) is 4.98. The van der Waals surface area contributed by atoms with Crippen LogP contribution in [-0.4, -0.2) is 43.8 Å². The molecule has 90 valence electrons. The molecule has 1 heterocycles. The van der Waals surface area contributed by atoms with E-state index in [2.05, 4.69) is 20.2 Å². The van der Waals surface area contributed by atoms with E-state index in [0.717, 1.165) is 24.7 Å². The molecule has 0 bridgehead atoms. The molecular formula is C11H20N4O. The van der Waals surface area contributed by atoms with Gasteiger partial charge in [-0.1, -0.05) is 0 Å². The lowest BCUT2D eigenvalue weighted by Crippen LogP contribution is -2.24. The largest absolute Gasteiger partial charge is 0.380 e. The van der Waals surface area contributed by atoms with E-state index in [9.17, 15) is 0 Å². The van der Waals surface area contributed by atoms with Gasteiger partial charge in [-0.25, -0.2) is 4.98 Å². The zero-order chi connectivity index (χ0) is 12.0. The van der Waals surface area contributed by atoms with Gasteiger partial charge in [-0.3, -0.25) is 0 Å². The number of ether oxygens (including phenoxy) is 1. The SMILES string of the molecule is CCOCCN(C)c1cc(C)nc(NC)n1. The topological polar surface area (TPSA) is 50.3 Å². The fourth-order valence-electron chi connectivity index (χ4n) is 1.32. The molecule has 0 atom stereocenters. The minimum atomic E-state index is 0.651. The van der Waals surface area contributed by atoms with Crippen LogP contribution in [0.3, 0.4) is 0 Å². The van der Waals surface area contributed by atoms with Crippen molar-refractivity contribution in [2.24, 2.45) is 0 Å². The lowest BCUT2D eigenvalue weighted by molar-refractivity contribution is 0.154. The third-order valence-electron chi connectivity index (χ3n) is 2.23. The molecule has 0 aliphatic rings. The van der Waals surface area contributed by atoms with Gasteiger partial charge >= 0.3 is 0 Å². The van der Waals surface area contributed by atoms with Gasteiger partial charge in [0.25, 0.3) is 0 Å². The van der Waals surface area contributed by atoms with E-state index in [1.165, 1.54) is 0 Å². The molecule has 0 spiro atoms. The summed E-state index contributed by atoms with van der Waals surface area (Å²) in [6.45, 7) is 6.24. The van der Waals surface area contributed by atoms with E-state index in [4.69, 9.17) is 4.74 Å². The first kappa shape index (κ1) is 12.7. The molecule has 0 saturated carbocycles. The molecule has 0 saturated heterocycles. The Morgan fingerprint density at radius 1 is 1.44 bits per heavy atom. The monoisotopic (exact) mass is 224 g/mol. The van der Waals surface area contributed by atoms with Crippen molar-refractivity contribution in [2.45, 2.75) is 13.8 Å². The maximum Gasteiger partial charge on any atom is 0.224 e.